The Hall–Kier alpha value is -4.39. The van der Waals surface area contributed by atoms with Crippen LogP contribution in [-0.2, 0) is 95.1 Å². The van der Waals surface area contributed by atoms with E-state index in [0.717, 1.165) is 0 Å². The molecule has 0 unspecified atom stereocenters. The lowest BCUT2D eigenvalue weighted by molar-refractivity contribution is -0.220. The molecule has 6 aliphatic heterocycles. The highest BCUT2D eigenvalue weighted by Gasteiger charge is 2.60. The lowest BCUT2D eigenvalue weighted by Gasteiger charge is -2.32. The van der Waals surface area contributed by atoms with Gasteiger partial charge in [-0.3, -0.25) is 24.0 Å². The van der Waals surface area contributed by atoms with Gasteiger partial charge >= 0.3 is 12.1 Å². The minimum Gasteiger partial charge on any atom is -0.467 e. The van der Waals surface area contributed by atoms with Crippen LogP contribution in [-0.4, -0.2) is 203 Å². The predicted molar refractivity (Wildman–Crippen MR) is 254 cm³/mol. The average molecular weight is 1080 g/mol. The van der Waals surface area contributed by atoms with Crippen LogP contribution < -0.4 is 31.9 Å². The highest BCUT2D eigenvalue weighted by Crippen LogP contribution is 2.42. The Morgan fingerprint density at radius 1 is 0.467 bits per heavy atom. The molecule has 6 fully saturated rings. The summed E-state index contributed by atoms with van der Waals surface area (Å²) < 4.78 is 82.1. The maximum Gasteiger partial charge on any atom is 0.407 e. The second-order valence-electron chi connectivity index (χ2n) is 21.8. The van der Waals surface area contributed by atoms with E-state index in [1.54, 1.807) is 62.3 Å². The van der Waals surface area contributed by atoms with Crippen LogP contribution in [0.5, 0.6) is 0 Å². The standard InChI is InChI=1S/C48H78N6O21/c1-20(38(58)53-24(18-28(57)51-22(3)40(60)65-16)30-33(63-14)36-42(67-30)73-47(9,10)70-36)49-26(55)17-23(29-32(62-13)35-41(66-29)72-46(7,8)69-35)52-39(59)21(2)50-27(56)19-25(54-44(61)75-45(4,5)6)31-34(64-15)37-43(68-31)74-48(11,12)71-37/h20-25,29-37,41-43H,17-19H2,1-16H3,(H,49,55)(H,50,56)(H,51,57)(H,52,59)(H,53,58)(H,54,61)/t20-,21-,22-,23-,24-,25-,29+,30+,31+,32-,33-,34-,35+,36+,37+,41+,42+,43+/m0/s1. The Morgan fingerprint density at radius 2 is 0.773 bits per heavy atom. The third-order valence-electron chi connectivity index (χ3n) is 13.1. The predicted octanol–water partition coefficient (Wildman–Crippen LogP) is -0.619. The van der Waals surface area contributed by atoms with Gasteiger partial charge in [-0.25, -0.2) is 9.59 Å². The smallest absolute Gasteiger partial charge is 0.407 e. The molecule has 6 N–H and O–H groups in total. The van der Waals surface area contributed by atoms with Crippen LogP contribution in [0.2, 0.25) is 0 Å². The van der Waals surface area contributed by atoms with Crippen LogP contribution in [0.3, 0.4) is 0 Å². The number of hydrogen-bond donors (Lipinski definition) is 6. The number of carbonyl (C=O) groups is 7. The normalized spacial score (nSPS) is 33.3. The van der Waals surface area contributed by atoms with Gasteiger partial charge in [0.05, 0.1) is 25.2 Å². The number of hydrogen-bond acceptors (Lipinski definition) is 21. The van der Waals surface area contributed by atoms with Gasteiger partial charge in [-0.1, -0.05) is 0 Å². The molecule has 426 valence electrons. The molecule has 0 aromatic rings. The average Bonchev–Trinajstić information content (AvgIpc) is 4.10. The van der Waals surface area contributed by atoms with Crippen molar-refractivity contribution < 1.29 is 99.9 Å². The van der Waals surface area contributed by atoms with Crippen molar-refractivity contribution in [2.45, 2.75) is 235 Å². The number of rotatable bonds is 21. The van der Waals surface area contributed by atoms with Crippen molar-refractivity contribution in [1.82, 2.24) is 31.9 Å². The number of methoxy groups -OCH3 is 4. The summed E-state index contributed by atoms with van der Waals surface area (Å²) in [5.74, 6) is -7.29. The summed E-state index contributed by atoms with van der Waals surface area (Å²) in [7, 11) is 5.44. The number of nitrogens with one attached hydrogen (secondary N) is 6. The first kappa shape index (κ1) is 59.8. The van der Waals surface area contributed by atoms with Crippen LogP contribution in [0.4, 0.5) is 4.79 Å². The lowest BCUT2D eigenvalue weighted by atomic mass is 9.98. The molecule has 75 heavy (non-hydrogen) atoms. The van der Waals surface area contributed by atoms with E-state index in [-0.39, 0.29) is 0 Å². The third-order valence-corrected chi connectivity index (χ3v) is 13.1. The molecule has 0 aromatic carbocycles. The number of amides is 6. The minimum atomic E-state index is -1.26. The molecule has 6 heterocycles. The summed E-state index contributed by atoms with van der Waals surface area (Å²) in [5, 5.41) is 16.2. The van der Waals surface area contributed by atoms with Crippen molar-refractivity contribution in [3.05, 3.63) is 0 Å². The molecule has 0 bridgehead atoms. The quantitative estimate of drug-likeness (QED) is 0.0781. The molecule has 0 radical (unpaired) electrons. The number of alkyl carbamates (subject to hydrolysis) is 1. The highest BCUT2D eigenvalue weighted by molar-refractivity contribution is 5.90. The van der Waals surface area contributed by atoms with Crippen LogP contribution in [0.1, 0.15) is 102 Å². The van der Waals surface area contributed by atoms with Crippen molar-refractivity contribution in [3.8, 4) is 0 Å². The van der Waals surface area contributed by atoms with Gasteiger partial charge in [-0.05, 0) is 83.1 Å². The van der Waals surface area contributed by atoms with E-state index in [4.69, 9.17) is 66.3 Å². The Labute approximate surface area is 436 Å². The van der Waals surface area contributed by atoms with Crippen molar-refractivity contribution >= 4 is 41.6 Å². The second-order valence-corrected chi connectivity index (χ2v) is 21.8. The topological polar surface area (TPSA) is 321 Å². The number of fused-ring (bicyclic) bond motifs is 3. The zero-order chi connectivity index (χ0) is 55.7. The Morgan fingerprint density at radius 3 is 1.07 bits per heavy atom. The molecule has 0 aliphatic carbocycles. The zero-order valence-electron chi connectivity index (χ0n) is 45.6. The van der Waals surface area contributed by atoms with Gasteiger partial charge in [0.15, 0.2) is 36.2 Å². The fourth-order valence-corrected chi connectivity index (χ4v) is 9.98. The van der Waals surface area contributed by atoms with Gasteiger partial charge in [0.2, 0.25) is 29.5 Å². The molecule has 0 aromatic heterocycles. The molecule has 27 heteroatoms. The molecular weight excluding hydrogens is 997 g/mol. The summed E-state index contributed by atoms with van der Waals surface area (Å²) >= 11 is 0. The molecule has 6 rings (SSSR count). The number of carbonyl (C=O) groups excluding carboxylic acids is 7. The first-order valence-electron chi connectivity index (χ1n) is 25.1. The van der Waals surface area contributed by atoms with Gasteiger partial charge in [0, 0.05) is 40.6 Å². The number of esters is 1. The molecular formula is C48H78N6O21. The molecule has 6 saturated heterocycles. The van der Waals surface area contributed by atoms with E-state index >= 15 is 0 Å². The molecule has 6 amide bonds. The minimum absolute atomic E-state index is 0.406. The van der Waals surface area contributed by atoms with Gasteiger partial charge in [0.25, 0.3) is 0 Å². The maximum atomic E-state index is 14.1. The highest BCUT2D eigenvalue weighted by atomic mass is 16.9. The SMILES string of the molecule is COC(=O)[C@H](C)NC(=O)C[C@H](NC(=O)[C@H](C)NC(=O)C[C@H](NC(=O)[C@H](C)NC(=O)C[C@H](NC(=O)OC(C)(C)C)[C@H]1O[C@@H]2OC(C)(C)O[C@@H]2[C@H]1OC)[C@H]1O[C@@H]2OC(C)(C)O[C@@H]2[C@H]1OC)[C@H]1O[C@@H]2OC(C)(C)O[C@@H]2[C@H]1OC. The zero-order valence-corrected chi connectivity index (χ0v) is 45.6. The van der Waals surface area contributed by atoms with Crippen molar-refractivity contribution in [3.63, 3.8) is 0 Å². The monoisotopic (exact) mass is 1070 g/mol. The molecule has 0 saturated carbocycles. The summed E-state index contributed by atoms with van der Waals surface area (Å²) in [6.45, 7) is 19.5. The van der Waals surface area contributed by atoms with Crippen LogP contribution >= 0.6 is 0 Å². The van der Waals surface area contributed by atoms with E-state index < -0.39 is 194 Å². The van der Waals surface area contributed by atoms with E-state index in [1.165, 1.54) is 49.2 Å². The Balaban J connectivity index is 1.15. The van der Waals surface area contributed by atoms with Gasteiger partial charge < -0.3 is 98.2 Å². The van der Waals surface area contributed by atoms with Crippen molar-refractivity contribution in [1.29, 1.82) is 0 Å². The van der Waals surface area contributed by atoms with Crippen molar-refractivity contribution in [2.75, 3.05) is 28.4 Å². The van der Waals surface area contributed by atoms with Crippen LogP contribution in [0.15, 0.2) is 0 Å². The maximum absolute atomic E-state index is 14.1. The third kappa shape index (κ3) is 14.8. The van der Waals surface area contributed by atoms with E-state index in [9.17, 15) is 33.6 Å². The van der Waals surface area contributed by atoms with E-state index in [1.807, 2.05) is 0 Å². The molecule has 18 atom stereocenters. The fraction of sp³-hybridized carbons (Fsp3) is 0.854. The first-order valence-corrected chi connectivity index (χ1v) is 25.1. The summed E-state index contributed by atoms with van der Waals surface area (Å²) in [6.07, 6.45) is -12.6. The molecule has 27 nitrogen and oxygen atoms in total. The second kappa shape index (κ2) is 23.7. The van der Waals surface area contributed by atoms with Gasteiger partial charge in [-0.15, -0.1) is 0 Å². The summed E-state index contributed by atoms with van der Waals surface area (Å²) in [5.41, 5.74) is -0.887. The Bertz CT molecular complexity index is 2090. The van der Waals surface area contributed by atoms with E-state index in [2.05, 4.69) is 31.9 Å². The summed E-state index contributed by atoms with van der Waals surface area (Å²) in [4.78, 5) is 94.7. The van der Waals surface area contributed by atoms with Gasteiger partial charge in [-0.2, -0.15) is 0 Å². The molecule has 6 aliphatic rings. The first-order chi connectivity index (χ1) is 34.9. The fourth-order valence-electron chi connectivity index (χ4n) is 9.98. The lowest BCUT2D eigenvalue weighted by Crippen LogP contribution is -2.58. The largest absolute Gasteiger partial charge is 0.467 e. The number of ether oxygens (including phenoxy) is 14. The van der Waals surface area contributed by atoms with Crippen LogP contribution in [0, 0.1) is 0 Å². The van der Waals surface area contributed by atoms with Crippen LogP contribution in [0.25, 0.3) is 0 Å². The van der Waals surface area contributed by atoms with Crippen molar-refractivity contribution in [2.24, 2.45) is 0 Å². The molecule has 0 spiro atoms. The van der Waals surface area contributed by atoms with E-state index in [0.29, 0.717) is 0 Å². The Kier molecular flexibility index (Phi) is 18.9. The summed E-state index contributed by atoms with van der Waals surface area (Å²) in [6, 6.07) is -6.91. The van der Waals surface area contributed by atoms with Gasteiger partial charge in [0.1, 0.15) is 78.7 Å².